The zero-order valence-corrected chi connectivity index (χ0v) is 9.16. The molecule has 0 aliphatic carbocycles. The molecule has 1 rings (SSSR count). The Morgan fingerprint density at radius 1 is 1.46 bits per heavy atom. The lowest BCUT2D eigenvalue weighted by Crippen LogP contribution is -2.45. The Balaban J connectivity index is 2.21. The first-order chi connectivity index (χ1) is 6.09. The quantitative estimate of drug-likeness (QED) is 0.663. The Morgan fingerprint density at radius 2 is 2.15 bits per heavy atom. The highest BCUT2D eigenvalue weighted by Crippen LogP contribution is 2.23. The molecule has 3 nitrogen and oxygen atoms in total. The monoisotopic (exact) mass is 185 g/mol. The maximum atomic E-state index is 5.82. The van der Waals surface area contributed by atoms with Crippen molar-refractivity contribution >= 4 is 0 Å². The molecule has 0 saturated carbocycles. The summed E-state index contributed by atoms with van der Waals surface area (Å²) >= 11 is 0. The molecule has 2 unspecified atom stereocenters. The smallest absolute Gasteiger partial charge is 0.0215 e. The fraction of sp³-hybridized carbons (Fsp3) is 1.00. The van der Waals surface area contributed by atoms with Crippen LogP contribution in [0.1, 0.15) is 26.2 Å². The van der Waals surface area contributed by atoms with Crippen molar-refractivity contribution in [1.82, 2.24) is 9.91 Å². The van der Waals surface area contributed by atoms with Crippen LogP contribution >= 0.6 is 0 Å². The third-order valence-electron chi connectivity index (χ3n) is 3.02. The summed E-state index contributed by atoms with van der Waals surface area (Å²) in [6.07, 6.45) is 3.87. The van der Waals surface area contributed by atoms with E-state index in [0.717, 1.165) is 12.5 Å². The van der Waals surface area contributed by atoms with Crippen LogP contribution in [-0.2, 0) is 0 Å². The minimum absolute atomic E-state index is 0.570. The molecule has 0 aromatic carbocycles. The van der Waals surface area contributed by atoms with Gasteiger partial charge in [0.05, 0.1) is 0 Å². The maximum absolute atomic E-state index is 5.82. The van der Waals surface area contributed by atoms with Gasteiger partial charge in [0.2, 0.25) is 0 Å². The molecule has 0 aromatic heterocycles. The van der Waals surface area contributed by atoms with Gasteiger partial charge in [0.1, 0.15) is 0 Å². The molecule has 2 N–H and O–H groups in total. The summed E-state index contributed by atoms with van der Waals surface area (Å²) in [5.74, 6) is 6.71. The summed E-state index contributed by atoms with van der Waals surface area (Å²) in [5.41, 5.74) is 0. The van der Waals surface area contributed by atoms with Crippen LogP contribution in [0.5, 0.6) is 0 Å². The molecule has 0 spiro atoms. The van der Waals surface area contributed by atoms with Gasteiger partial charge in [-0.1, -0.05) is 0 Å². The van der Waals surface area contributed by atoms with E-state index in [0.29, 0.717) is 6.04 Å². The second-order valence-corrected chi connectivity index (χ2v) is 4.57. The first-order valence-electron chi connectivity index (χ1n) is 5.25. The highest BCUT2D eigenvalue weighted by molar-refractivity contribution is 4.75. The Bertz CT molecular complexity index is 147. The average Bonchev–Trinajstić information content (AvgIpc) is 2.07. The van der Waals surface area contributed by atoms with Crippen molar-refractivity contribution in [1.29, 1.82) is 0 Å². The van der Waals surface area contributed by atoms with Crippen LogP contribution < -0.4 is 5.84 Å². The molecule has 13 heavy (non-hydrogen) atoms. The number of hydrazine groups is 1. The molecular formula is C10H23N3. The summed E-state index contributed by atoms with van der Waals surface area (Å²) in [4.78, 5) is 2.26. The minimum atomic E-state index is 0.570. The second kappa shape index (κ2) is 4.94. The third kappa shape index (κ3) is 3.63. The lowest BCUT2D eigenvalue weighted by atomic mass is 9.90. The van der Waals surface area contributed by atoms with Crippen molar-refractivity contribution in [3.63, 3.8) is 0 Å². The number of piperidine rings is 1. The van der Waals surface area contributed by atoms with Crippen molar-refractivity contribution in [2.45, 2.75) is 32.2 Å². The molecule has 78 valence electrons. The van der Waals surface area contributed by atoms with Crippen molar-refractivity contribution in [3.05, 3.63) is 0 Å². The number of nitrogens with two attached hydrogens (primary N) is 1. The normalized spacial score (nSPS) is 31.2. The van der Waals surface area contributed by atoms with Crippen LogP contribution in [0, 0.1) is 5.92 Å². The van der Waals surface area contributed by atoms with Gasteiger partial charge in [0, 0.05) is 12.6 Å². The van der Waals surface area contributed by atoms with Crippen LogP contribution in [0.3, 0.4) is 0 Å². The molecule has 0 amide bonds. The third-order valence-corrected chi connectivity index (χ3v) is 3.02. The molecule has 0 aromatic rings. The molecule has 1 aliphatic rings. The first kappa shape index (κ1) is 11.0. The van der Waals surface area contributed by atoms with Gasteiger partial charge in [-0.25, -0.2) is 5.01 Å². The Kier molecular flexibility index (Phi) is 4.16. The van der Waals surface area contributed by atoms with Crippen molar-refractivity contribution in [2.75, 3.05) is 27.2 Å². The summed E-state index contributed by atoms with van der Waals surface area (Å²) in [7, 11) is 4.28. The largest absolute Gasteiger partial charge is 0.309 e. The van der Waals surface area contributed by atoms with Crippen LogP contribution in [0.4, 0.5) is 0 Å². The van der Waals surface area contributed by atoms with Crippen molar-refractivity contribution < 1.29 is 0 Å². The van der Waals surface area contributed by atoms with E-state index >= 15 is 0 Å². The van der Waals surface area contributed by atoms with Gasteiger partial charge in [0.25, 0.3) is 0 Å². The van der Waals surface area contributed by atoms with Gasteiger partial charge >= 0.3 is 0 Å². The van der Waals surface area contributed by atoms with Gasteiger partial charge in [0.15, 0.2) is 0 Å². The number of rotatable bonds is 3. The van der Waals surface area contributed by atoms with Crippen LogP contribution in [-0.4, -0.2) is 43.1 Å². The van der Waals surface area contributed by atoms with Crippen molar-refractivity contribution in [2.24, 2.45) is 11.8 Å². The standard InChI is InChI=1S/C10H23N3/c1-9-8-10(4-6-12(2)3)5-7-13(9)11/h9-10H,4-8,11H2,1-3H3. The van der Waals surface area contributed by atoms with E-state index in [1.165, 1.54) is 25.8 Å². The van der Waals surface area contributed by atoms with E-state index in [-0.39, 0.29) is 0 Å². The van der Waals surface area contributed by atoms with E-state index in [9.17, 15) is 0 Å². The lowest BCUT2D eigenvalue weighted by molar-refractivity contribution is 0.117. The molecule has 1 fully saturated rings. The second-order valence-electron chi connectivity index (χ2n) is 4.57. The zero-order valence-electron chi connectivity index (χ0n) is 9.16. The number of hydrogen-bond acceptors (Lipinski definition) is 3. The predicted octanol–water partition coefficient (Wildman–Crippen LogP) is 0.912. The van der Waals surface area contributed by atoms with Crippen LogP contribution in [0.25, 0.3) is 0 Å². The fourth-order valence-corrected chi connectivity index (χ4v) is 1.99. The van der Waals surface area contributed by atoms with Gasteiger partial charge in [-0.15, -0.1) is 0 Å². The highest BCUT2D eigenvalue weighted by atomic mass is 15.4. The van der Waals surface area contributed by atoms with E-state index in [1.54, 1.807) is 0 Å². The van der Waals surface area contributed by atoms with Gasteiger partial charge in [-0.3, -0.25) is 5.84 Å². The van der Waals surface area contributed by atoms with Crippen molar-refractivity contribution in [3.8, 4) is 0 Å². The Hall–Kier alpha value is -0.120. The number of nitrogens with zero attached hydrogens (tertiary/aromatic N) is 2. The Morgan fingerprint density at radius 3 is 2.69 bits per heavy atom. The maximum Gasteiger partial charge on any atom is 0.0215 e. The number of hydrogen-bond donors (Lipinski definition) is 1. The predicted molar refractivity (Wildman–Crippen MR) is 56.3 cm³/mol. The molecule has 0 bridgehead atoms. The van der Waals surface area contributed by atoms with E-state index < -0.39 is 0 Å². The molecule has 0 radical (unpaired) electrons. The topological polar surface area (TPSA) is 32.5 Å². The lowest BCUT2D eigenvalue weighted by Gasteiger charge is -2.34. The van der Waals surface area contributed by atoms with Gasteiger partial charge in [-0.05, 0) is 52.7 Å². The zero-order chi connectivity index (χ0) is 9.84. The molecule has 3 heteroatoms. The summed E-state index contributed by atoms with van der Waals surface area (Å²) in [5, 5.41) is 1.98. The van der Waals surface area contributed by atoms with Crippen LogP contribution in [0.15, 0.2) is 0 Å². The molecule has 1 heterocycles. The molecular weight excluding hydrogens is 162 g/mol. The van der Waals surface area contributed by atoms with E-state index in [2.05, 4.69) is 25.9 Å². The van der Waals surface area contributed by atoms with Crippen LogP contribution in [0.2, 0.25) is 0 Å². The Labute approximate surface area is 81.8 Å². The summed E-state index contributed by atoms with van der Waals surface area (Å²) in [6.45, 7) is 4.50. The molecule has 1 saturated heterocycles. The first-order valence-corrected chi connectivity index (χ1v) is 5.25. The molecule has 1 aliphatic heterocycles. The SMILES string of the molecule is CC1CC(CCN(C)C)CCN1N. The van der Waals surface area contributed by atoms with E-state index in [4.69, 9.17) is 5.84 Å². The summed E-state index contributed by atoms with van der Waals surface area (Å²) in [6, 6.07) is 0.570. The average molecular weight is 185 g/mol. The van der Waals surface area contributed by atoms with Gasteiger partial charge < -0.3 is 4.90 Å². The van der Waals surface area contributed by atoms with Gasteiger partial charge in [-0.2, -0.15) is 0 Å². The summed E-state index contributed by atoms with van der Waals surface area (Å²) < 4.78 is 0. The fourth-order valence-electron chi connectivity index (χ4n) is 1.99. The molecule has 2 atom stereocenters. The highest BCUT2D eigenvalue weighted by Gasteiger charge is 2.22. The van der Waals surface area contributed by atoms with E-state index in [1.807, 2.05) is 5.01 Å². The minimum Gasteiger partial charge on any atom is -0.309 e.